The first-order valence-electron chi connectivity index (χ1n) is 7.25. The Morgan fingerprint density at radius 1 is 1.05 bits per heavy atom. The molecule has 3 heteroatoms. The van der Waals surface area contributed by atoms with Gasteiger partial charge in [0.15, 0.2) is 0 Å². The molecule has 4 rings (SSSR count). The third-order valence-corrected chi connectivity index (χ3v) is 3.79. The summed E-state index contributed by atoms with van der Waals surface area (Å²) in [5.41, 5.74) is 9.97. The summed E-state index contributed by atoms with van der Waals surface area (Å²) in [6.45, 7) is 2.10. The van der Waals surface area contributed by atoms with Crippen LogP contribution in [0, 0.1) is 6.92 Å². The number of aromatic nitrogens is 2. The topological polar surface area (TPSA) is 40.7 Å². The minimum atomic E-state index is 0.863. The Morgan fingerprint density at radius 2 is 1.91 bits per heavy atom. The number of rotatable bonds is 2. The Bertz CT molecular complexity index is 898. The van der Waals surface area contributed by atoms with E-state index in [4.69, 9.17) is 0 Å². The monoisotopic (exact) mass is 285 g/mol. The largest absolute Gasteiger partial charge is 0.348 e. The predicted molar refractivity (Wildman–Crippen MR) is 90.2 cm³/mol. The number of imidazole rings is 1. The van der Waals surface area contributed by atoms with E-state index < -0.39 is 0 Å². The van der Waals surface area contributed by atoms with Crippen molar-refractivity contribution < 1.29 is 0 Å². The fourth-order valence-corrected chi connectivity index (χ4v) is 2.69. The summed E-state index contributed by atoms with van der Waals surface area (Å²) >= 11 is 0. The molecule has 0 unspecified atom stereocenters. The zero-order valence-corrected chi connectivity index (χ0v) is 12.2. The summed E-state index contributed by atoms with van der Waals surface area (Å²) in [7, 11) is 0. The second-order valence-electron chi connectivity index (χ2n) is 5.36. The van der Waals surface area contributed by atoms with Crippen LogP contribution in [0.25, 0.3) is 23.2 Å². The van der Waals surface area contributed by atoms with Crippen LogP contribution in [0.1, 0.15) is 16.7 Å². The van der Waals surface area contributed by atoms with Crippen molar-refractivity contribution in [1.82, 2.24) is 9.97 Å². The Morgan fingerprint density at radius 3 is 2.73 bits per heavy atom. The lowest BCUT2D eigenvalue weighted by Gasteiger charge is -2.17. The Balaban J connectivity index is 1.83. The average molecular weight is 285 g/mol. The van der Waals surface area contributed by atoms with E-state index >= 15 is 0 Å². The number of anilines is 1. The van der Waals surface area contributed by atoms with Crippen LogP contribution in [-0.2, 0) is 0 Å². The molecule has 3 nitrogen and oxygen atoms in total. The fraction of sp³-hybridized carbons (Fsp3) is 0.0526. The van der Waals surface area contributed by atoms with Gasteiger partial charge in [-0.3, -0.25) is 0 Å². The molecular weight excluding hydrogens is 270 g/mol. The highest BCUT2D eigenvalue weighted by molar-refractivity contribution is 5.90. The summed E-state index contributed by atoms with van der Waals surface area (Å²) in [5, 5.41) is 3.49. The fourth-order valence-electron chi connectivity index (χ4n) is 2.69. The van der Waals surface area contributed by atoms with Crippen LogP contribution in [0.2, 0.25) is 0 Å². The van der Waals surface area contributed by atoms with E-state index in [-0.39, 0.29) is 0 Å². The summed E-state index contributed by atoms with van der Waals surface area (Å²) in [6, 6.07) is 14.6. The van der Waals surface area contributed by atoms with Crippen molar-refractivity contribution in [3.8, 4) is 11.4 Å². The van der Waals surface area contributed by atoms with Crippen LogP contribution >= 0.6 is 0 Å². The number of fused-ring (bicyclic) bond motifs is 1. The Labute approximate surface area is 129 Å². The van der Waals surface area contributed by atoms with Crippen LogP contribution in [0.3, 0.4) is 0 Å². The van der Waals surface area contributed by atoms with Gasteiger partial charge in [-0.15, -0.1) is 0 Å². The lowest BCUT2D eigenvalue weighted by atomic mass is 10.0. The molecule has 1 aromatic heterocycles. The van der Waals surface area contributed by atoms with Gasteiger partial charge in [-0.05, 0) is 24.6 Å². The molecule has 0 fully saturated rings. The van der Waals surface area contributed by atoms with Crippen molar-refractivity contribution in [3.05, 3.63) is 77.3 Å². The predicted octanol–water partition coefficient (Wildman–Crippen LogP) is 4.46. The van der Waals surface area contributed by atoms with Crippen molar-refractivity contribution in [2.24, 2.45) is 0 Å². The first kappa shape index (κ1) is 12.7. The van der Waals surface area contributed by atoms with Gasteiger partial charge in [0.25, 0.3) is 0 Å². The normalized spacial score (nSPS) is 12.5. The minimum absolute atomic E-state index is 0.863. The van der Waals surface area contributed by atoms with Gasteiger partial charge in [0.05, 0.1) is 5.70 Å². The second-order valence-corrected chi connectivity index (χ2v) is 5.36. The highest BCUT2D eigenvalue weighted by atomic mass is 14.9. The van der Waals surface area contributed by atoms with Gasteiger partial charge >= 0.3 is 0 Å². The second kappa shape index (κ2) is 5.06. The summed E-state index contributed by atoms with van der Waals surface area (Å²) < 4.78 is 0. The molecule has 0 atom stereocenters. The number of nitrogens with one attached hydrogen (secondary N) is 2. The quantitative estimate of drug-likeness (QED) is 0.682. The van der Waals surface area contributed by atoms with Gasteiger partial charge in [-0.25, -0.2) is 4.98 Å². The number of hydrogen-bond donors (Lipinski definition) is 2. The van der Waals surface area contributed by atoms with Crippen LogP contribution in [0.5, 0.6) is 0 Å². The summed E-state index contributed by atoms with van der Waals surface area (Å²) in [5.74, 6) is 0.863. The molecule has 0 spiro atoms. The van der Waals surface area contributed by atoms with E-state index in [1.165, 1.54) is 5.56 Å². The molecule has 2 aromatic carbocycles. The lowest BCUT2D eigenvalue weighted by molar-refractivity contribution is 1.30. The molecule has 0 bridgehead atoms. The average Bonchev–Trinajstić information content (AvgIpc) is 3.08. The lowest BCUT2D eigenvalue weighted by Crippen LogP contribution is -2.04. The zero-order chi connectivity index (χ0) is 14.9. The smallest absolute Gasteiger partial charge is 0.137 e. The number of nitrogens with zero attached hydrogens (tertiary/aromatic N) is 1. The van der Waals surface area contributed by atoms with Gasteiger partial charge < -0.3 is 10.3 Å². The van der Waals surface area contributed by atoms with Gasteiger partial charge in [0, 0.05) is 34.8 Å². The number of benzene rings is 2. The first-order chi connectivity index (χ1) is 10.8. The maximum Gasteiger partial charge on any atom is 0.137 e. The van der Waals surface area contributed by atoms with Crippen molar-refractivity contribution in [2.45, 2.75) is 6.92 Å². The van der Waals surface area contributed by atoms with Crippen molar-refractivity contribution in [2.75, 3.05) is 5.32 Å². The third kappa shape index (κ3) is 2.14. The molecule has 0 radical (unpaired) electrons. The molecule has 1 aliphatic heterocycles. The van der Waals surface area contributed by atoms with Gasteiger partial charge in [-0.2, -0.15) is 0 Å². The highest BCUT2D eigenvalue weighted by Gasteiger charge is 2.14. The van der Waals surface area contributed by atoms with E-state index in [0.29, 0.717) is 0 Å². The maximum atomic E-state index is 4.37. The van der Waals surface area contributed by atoms with Gasteiger partial charge in [0.2, 0.25) is 0 Å². The van der Waals surface area contributed by atoms with Crippen LogP contribution in [-0.4, -0.2) is 9.97 Å². The van der Waals surface area contributed by atoms with Crippen LogP contribution in [0.4, 0.5) is 5.69 Å². The number of hydrogen-bond acceptors (Lipinski definition) is 2. The minimum Gasteiger partial charge on any atom is -0.348 e. The molecule has 0 saturated heterocycles. The first-order valence-corrected chi connectivity index (χ1v) is 7.25. The number of aryl methyl sites for hydroxylation is 1. The Hall–Kier alpha value is -3.03. The summed E-state index contributed by atoms with van der Waals surface area (Å²) in [4.78, 5) is 7.54. The van der Waals surface area contributed by atoms with Crippen molar-refractivity contribution in [1.29, 1.82) is 0 Å². The number of aromatic amines is 1. The van der Waals surface area contributed by atoms with Crippen LogP contribution in [0.15, 0.2) is 60.6 Å². The van der Waals surface area contributed by atoms with Crippen molar-refractivity contribution >= 4 is 17.5 Å². The highest BCUT2D eigenvalue weighted by Crippen LogP contribution is 2.31. The molecule has 3 aromatic rings. The number of H-pyrrole nitrogens is 1. The SMILES string of the molecule is Cc1ccc2c(c1)NC(c1ccccc1-c1ncc[nH]1)=C=C2. The Kier molecular flexibility index (Phi) is 2.92. The standard InChI is InChI=1S/C19H15N3/c1-13-6-7-14-8-9-17(22-18(14)12-13)15-4-2-3-5-16(15)19-20-10-11-21-19/h2-8,10-12,22H,1H3,(H,20,21). The molecule has 0 amide bonds. The molecular formula is C19H15N3. The van der Waals surface area contributed by atoms with Gasteiger partial charge in [-0.1, -0.05) is 42.1 Å². The molecule has 0 aliphatic carbocycles. The van der Waals surface area contributed by atoms with E-state index in [1.54, 1.807) is 6.20 Å². The summed E-state index contributed by atoms with van der Waals surface area (Å²) in [6.07, 6.45) is 5.63. The maximum absolute atomic E-state index is 4.37. The van der Waals surface area contributed by atoms with E-state index in [2.05, 4.69) is 58.3 Å². The molecule has 22 heavy (non-hydrogen) atoms. The zero-order valence-electron chi connectivity index (χ0n) is 12.2. The van der Waals surface area contributed by atoms with E-state index in [1.807, 2.05) is 24.4 Å². The molecule has 0 saturated carbocycles. The van der Waals surface area contributed by atoms with Gasteiger partial charge in [0.1, 0.15) is 5.82 Å². The molecule has 2 N–H and O–H groups in total. The molecule has 2 heterocycles. The van der Waals surface area contributed by atoms with Crippen LogP contribution < -0.4 is 5.32 Å². The van der Waals surface area contributed by atoms with E-state index in [0.717, 1.165) is 33.9 Å². The van der Waals surface area contributed by atoms with Crippen molar-refractivity contribution in [3.63, 3.8) is 0 Å². The van der Waals surface area contributed by atoms with E-state index in [9.17, 15) is 0 Å². The third-order valence-electron chi connectivity index (χ3n) is 3.79. The molecule has 1 aliphatic rings. The molecule has 106 valence electrons.